The van der Waals surface area contributed by atoms with Gasteiger partial charge in [-0.25, -0.2) is 0 Å². The molecule has 2 heterocycles. The van der Waals surface area contributed by atoms with Crippen molar-refractivity contribution < 1.29 is 0 Å². The monoisotopic (exact) mass is 401 g/mol. The van der Waals surface area contributed by atoms with Crippen molar-refractivity contribution >= 4 is 52.4 Å². The molecule has 1 saturated heterocycles. The molecule has 24 heavy (non-hydrogen) atoms. The predicted molar refractivity (Wildman–Crippen MR) is 107 cm³/mol. The Morgan fingerprint density at radius 1 is 1.38 bits per heavy atom. The zero-order valence-corrected chi connectivity index (χ0v) is 16.2. The third-order valence-electron chi connectivity index (χ3n) is 3.72. The summed E-state index contributed by atoms with van der Waals surface area (Å²) in [6.45, 7) is 2.68. The minimum Gasteiger partial charge on any atom is -0.381 e. The number of halogens is 2. The van der Waals surface area contributed by atoms with Crippen molar-refractivity contribution in [3.8, 4) is 5.69 Å². The van der Waals surface area contributed by atoms with Crippen LogP contribution in [0.1, 0.15) is 5.56 Å². The molecule has 8 heteroatoms. The summed E-state index contributed by atoms with van der Waals surface area (Å²) < 4.78 is 1.27. The van der Waals surface area contributed by atoms with Crippen LogP contribution in [-0.2, 0) is 0 Å². The van der Waals surface area contributed by atoms with Crippen molar-refractivity contribution in [2.75, 3.05) is 29.1 Å². The predicted octanol–water partition coefficient (Wildman–Crippen LogP) is 4.11. The van der Waals surface area contributed by atoms with Gasteiger partial charge in [-0.15, -0.1) is 0 Å². The molecular formula is C16H17Cl2N3OS2. The molecule has 0 bridgehead atoms. The van der Waals surface area contributed by atoms with Gasteiger partial charge in [0, 0.05) is 34.1 Å². The van der Waals surface area contributed by atoms with Crippen LogP contribution in [-0.4, -0.2) is 38.8 Å². The lowest BCUT2D eigenvalue weighted by Crippen LogP contribution is -2.26. The maximum Gasteiger partial charge on any atom is 0.292 e. The highest BCUT2D eigenvalue weighted by atomic mass is 35.5. The van der Waals surface area contributed by atoms with E-state index in [2.05, 4.69) is 10.4 Å². The summed E-state index contributed by atoms with van der Waals surface area (Å²) >= 11 is 16.3. The fourth-order valence-corrected chi connectivity index (χ4v) is 5.31. The van der Waals surface area contributed by atoms with Crippen molar-refractivity contribution in [3.63, 3.8) is 0 Å². The molecule has 128 valence electrons. The Morgan fingerprint density at radius 2 is 2.21 bits per heavy atom. The van der Waals surface area contributed by atoms with Gasteiger partial charge in [-0.1, -0.05) is 29.3 Å². The molecule has 1 N–H and O–H groups in total. The Balaban J connectivity index is 1.80. The van der Waals surface area contributed by atoms with Gasteiger partial charge >= 0.3 is 0 Å². The van der Waals surface area contributed by atoms with E-state index >= 15 is 0 Å². The van der Waals surface area contributed by atoms with Crippen LogP contribution >= 0.6 is 46.7 Å². The first kappa shape index (κ1) is 18.0. The number of thioether (sulfide) groups is 2. The van der Waals surface area contributed by atoms with Crippen LogP contribution < -0.4 is 10.9 Å². The molecule has 1 aliphatic rings. The number of hydrogen-bond donors (Lipinski definition) is 1. The molecule has 1 aromatic heterocycles. The number of nitrogens with zero attached hydrogens (tertiary/aromatic N) is 2. The third-order valence-corrected chi connectivity index (χ3v) is 7.34. The first-order valence-corrected chi connectivity index (χ1v) is 10.5. The summed E-state index contributed by atoms with van der Waals surface area (Å²) in [5, 5.41) is 8.75. The molecule has 0 spiro atoms. The summed E-state index contributed by atoms with van der Waals surface area (Å²) in [6, 6.07) is 5.36. The van der Waals surface area contributed by atoms with Gasteiger partial charge in [0.2, 0.25) is 0 Å². The second-order valence-electron chi connectivity index (χ2n) is 5.47. The first-order valence-electron chi connectivity index (χ1n) is 7.54. The highest BCUT2D eigenvalue weighted by Crippen LogP contribution is 2.25. The second-order valence-corrected chi connectivity index (χ2v) is 8.81. The highest BCUT2D eigenvalue weighted by molar-refractivity contribution is 8.06. The van der Waals surface area contributed by atoms with E-state index in [1.807, 2.05) is 36.5 Å². The van der Waals surface area contributed by atoms with Crippen LogP contribution in [0.2, 0.25) is 10.0 Å². The highest BCUT2D eigenvalue weighted by Gasteiger charge is 2.16. The molecule has 1 atom stereocenters. The number of nitrogens with one attached hydrogen (secondary N) is 1. The molecule has 4 nitrogen and oxygen atoms in total. The van der Waals surface area contributed by atoms with Gasteiger partial charge in [-0.2, -0.15) is 33.3 Å². The van der Waals surface area contributed by atoms with Crippen LogP contribution in [0.4, 0.5) is 5.69 Å². The summed E-state index contributed by atoms with van der Waals surface area (Å²) in [5.41, 5.74) is 1.77. The summed E-state index contributed by atoms with van der Waals surface area (Å²) in [7, 11) is 0. The van der Waals surface area contributed by atoms with Crippen LogP contribution in [0.15, 0.2) is 29.2 Å². The molecular weight excluding hydrogens is 385 g/mol. The normalized spacial score (nSPS) is 17.7. The lowest BCUT2D eigenvalue weighted by molar-refractivity contribution is 0.806. The Hall–Kier alpha value is -0.820. The number of anilines is 1. The van der Waals surface area contributed by atoms with Gasteiger partial charge in [0.05, 0.1) is 17.6 Å². The minimum absolute atomic E-state index is 0.148. The van der Waals surface area contributed by atoms with Gasteiger partial charge in [-0.05, 0) is 24.6 Å². The molecule has 1 fully saturated rings. The molecule has 1 aromatic carbocycles. The quantitative estimate of drug-likeness (QED) is 0.834. The topological polar surface area (TPSA) is 46.9 Å². The van der Waals surface area contributed by atoms with Crippen molar-refractivity contribution in [2.45, 2.75) is 12.2 Å². The summed E-state index contributed by atoms with van der Waals surface area (Å²) in [4.78, 5) is 12.5. The Kier molecular flexibility index (Phi) is 6.02. The van der Waals surface area contributed by atoms with E-state index in [0.29, 0.717) is 21.6 Å². The van der Waals surface area contributed by atoms with Gasteiger partial charge in [0.15, 0.2) is 0 Å². The first-order chi connectivity index (χ1) is 11.6. The molecule has 2 aromatic rings. The fourth-order valence-electron chi connectivity index (χ4n) is 2.33. The third kappa shape index (κ3) is 4.04. The average Bonchev–Trinajstić information content (AvgIpc) is 2.60. The van der Waals surface area contributed by atoms with Crippen molar-refractivity contribution in [1.82, 2.24) is 9.78 Å². The average molecular weight is 402 g/mol. The SMILES string of the molecule is Cc1ccc(-n2ncc(NCC3CSCCS3)c(Cl)c2=O)cc1Cl. The molecule has 0 saturated carbocycles. The molecule has 3 rings (SSSR count). The van der Waals surface area contributed by atoms with E-state index in [0.717, 1.165) is 17.9 Å². The maximum atomic E-state index is 12.5. The number of aromatic nitrogens is 2. The summed E-state index contributed by atoms with van der Waals surface area (Å²) in [5.74, 6) is 3.49. The molecule has 0 amide bonds. The van der Waals surface area contributed by atoms with Crippen LogP contribution in [0.5, 0.6) is 0 Å². The largest absolute Gasteiger partial charge is 0.381 e. The Morgan fingerprint density at radius 3 is 2.92 bits per heavy atom. The lowest BCUT2D eigenvalue weighted by Gasteiger charge is -2.21. The summed E-state index contributed by atoms with van der Waals surface area (Å²) in [6.07, 6.45) is 1.60. The zero-order chi connectivity index (χ0) is 17.1. The number of benzene rings is 1. The van der Waals surface area contributed by atoms with E-state index in [9.17, 15) is 4.79 Å². The fraction of sp³-hybridized carbons (Fsp3) is 0.375. The molecule has 0 radical (unpaired) electrons. The molecule has 1 unspecified atom stereocenters. The van der Waals surface area contributed by atoms with Crippen molar-refractivity contribution in [2.24, 2.45) is 0 Å². The van der Waals surface area contributed by atoms with Crippen LogP contribution in [0.25, 0.3) is 5.69 Å². The Bertz CT molecular complexity index is 791. The molecule has 1 aliphatic heterocycles. The van der Waals surface area contributed by atoms with Crippen molar-refractivity contribution in [3.05, 3.63) is 50.4 Å². The van der Waals surface area contributed by atoms with E-state index in [4.69, 9.17) is 23.2 Å². The van der Waals surface area contributed by atoms with Gasteiger partial charge in [0.1, 0.15) is 5.02 Å². The van der Waals surface area contributed by atoms with E-state index in [1.165, 1.54) is 16.2 Å². The lowest BCUT2D eigenvalue weighted by atomic mass is 10.2. The van der Waals surface area contributed by atoms with E-state index < -0.39 is 0 Å². The molecule has 0 aliphatic carbocycles. The van der Waals surface area contributed by atoms with E-state index in [1.54, 1.807) is 18.3 Å². The Labute approximate surface area is 159 Å². The zero-order valence-electron chi connectivity index (χ0n) is 13.1. The minimum atomic E-state index is -0.354. The van der Waals surface area contributed by atoms with Crippen LogP contribution in [0.3, 0.4) is 0 Å². The maximum absolute atomic E-state index is 12.5. The second kappa shape index (κ2) is 8.04. The van der Waals surface area contributed by atoms with Gasteiger partial charge in [-0.3, -0.25) is 4.79 Å². The van der Waals surface area contributed by atoms with Gasteiger partial charge < -0.3 is 5.32 Å². The number of aryl methyl sites for hydroxylation is 1. The number of rotatable bonds is 4. The standard InChI is InChI=1S/C16H17Cl2N3OS2/c1-10-2-3-11(6-13(10)17)21-16(22)15(18)14(8-20-21)19-7-12-9-23-4-5-24-12/h2-3,6,8,12,19H,4-5,7,9H2,1H3. The van der Waals surface area contributed by atoms with E-state index in [-0.39, 0.29) is 10.6 Å². The van der Waals surface area contributed by atoms with Crippen molar-refractivity contribution in [1.29, 1.82) is 0 Å². The smallest absolute Gasteiger partial charge is 0.292 e. The number of hydrogen-bond acceptors (Lipinski definition) is 5. The van der Waals surface area contributed by atoms with Gasteiger partial charge in [0.25, 0.3) is 5.56 Å². The van der Waals surface area contributed by atoms with Crippen LogP contribution in [0, 0.1) is 6.92 Å².